The van der Waals surface area contributed by atoms with Crippen molar-refractivity contribution >= 4 is 23.4 Å². The first-order chi connectivity index (χ1) is 8.17. The Balaban J connectivity index is 2.63. The zero-order valence-corrected chi connectivity index (χ0v) is 11.0. The summed E-state index contributed by atoms with van der Waals surface area (Å²) < 4.78 is 5.19. The molecule has 0 aliphatic carbocycles. The summed E-state index contributed by atoms with van der Waals surface area (Å²) >= 11 is 1.53. The van der Waals surface area contributed by atoms with Crippen molar-refractivity contribution in [1.82, 2.24) is 0 Å². The Morgan fingerprint density at radius 3 is 3.00 bits per heavy atom. The van der Waals surface area contributed by atoms with E-state index in [0.717, 1.165) is 17.0 Å². The van der Waals surface area contributed by atoms with E-state index in [9.17, 15) is 4.79 Å². The molecule has 0 fully saturated rings. The van der Waals surface area contributed by atoms with Crippen LogP contribution >= 0.6 is 11.8 Å². The van der Waals surface area contributed by atoms with Crippen molar-refractivity contribution in [3.63, 3.8) is 0 Å². The lowest BCUT2D eigenvalue weighted by atomic mass is 10.2. The minimum absolute atomic E-state index is 0.0271. The minimum Gasteiger partial charge on any atom is -0.495 e. The Labute approximate surface area is 106 Å². The molecule has 0 radical (unpaired) electrons. The molecule has 0 bridgehead atoms. The number of carbonyl (C=O) groups is 1. The smallest absolute Gasteiger partial charge is 0.234 e. The number of ether oxygens (including phenoxy) is 1. The van der Waals surface area contributed by atoms with Crippen LogP contribution in [0.1, 0.15) is 5.56 Å². The number of methoxy groups -OCH3 is 1. The summed E-state index contributed by atoms with van der Waals surface area (Å²) in [6.07, 6.45) is 1.78. The number of benzene rings is 1. The number of nitrogens with one attached hydrogen (secondary N) is 1. The Morgan fingerprint density at radius 1 is 1.59 bits per heavy atom. The molecule has 0 unspecified atom stereocenters. The fraction of sp³-hybridized carbons (Fsp3) is 0.308. The highest BCUT2D eigenvalue weighted by Gasteiger charge is 2.07. The van der Waals surface area contributed by atoms with Crippen LogP contribution in [0.25, 0.3) is 0 Å². The molecule has 0 aliphatic heterocycles. The van der Waals surface area contributed by atoms with Gasteiger partial charge in [0.05, 0.1) is 18.6 Å². The molecule has 0 aromatic heterocycles. The highest BCUT2D eigenvalue weighted by atomic mass is 32.2. The number of hydrogen-bond donors (Lipinski definition) is 1. The maximum Gasteiger partial charge on any atom is 0.234 e. The van der Waals surface area contributed by atoms with E-state index in [1.807, 2.05) is 25.1 Å². The van der Waals surface area contributed by atoms with E-state index in [1.165, 1.54) is 11.8 Å². The van der Waals surface area contributed by atoms with E-state index in [4.69, 9.17) is 4.74 Å². The average molecular weight is 251 g/mol. The van der Waals surface area contributed by atoms with E-state index >= 15 is 0 Å². The van der Waals surface area contributed by atoms with Crippen LogP contribution < -0.4 is 10.1 Å². The van der Waals surface area contributed by atoms with Gasteiger partial charge in [0.15, 0.2) is 0 Å². The summed E-state index contributed by atoms with van der Waals surface area (Å²) in [7, 11) is 1.59. The maximum absolute atomic E-state index is 11.6. The molecule has 4 heteroatoms. The van der Waals surface area contributed by atoms with E-state index in [1.54, 1.807) is 13.2 Å². The Bertz CT molecular complexity index is 404. The van der Waals surface area contributed by atoms with Crippen molar-refractivity contribution in [2.24, 2.45) is 0 Å². The van der Waals surface area contributed by atoms with Gasteiger partial charge >= 0.3 is 0 Å². The van der Waals surface area contributed by atoms with Crippen molar-refractivity contribution in [2.45, 2.75) is 6.92 Å². The fourth-order valence-electron chi connectivity index (χ4n) is 1.34. The van der Waals surface area contributed by atoms with Crippen molar-refractivity contribution in [3.8, 4) is 5.75 Å². The monoisotopic (exact) mass is 251 g/mol. The number of hydrogen-bond acceptors (Lipinski definition) is 3. The van der Waals surface area contributed by atoms with Crippen molar-refractivity contribution in [3.05, 3.63) is 36.4 Å². The van der Waals surface area contributed by atoms with E-state index in [2.05, 4.69) is 11.9 Å². The van der Waals surface area contributed by atoms with Crippen LogP contribution in [0.5, 0.6) is 5.75 Å². The summed E-state index contributed by atoms with van der Waals surface area (Å²) in [5.41, 5.74) is 1.80. The molecule has 1 aromatic carbocycles. The zero-order chi connectivity index (χ0) is 12.7. The molecule has 1 amide bonds. The van der Waals surface area contributed by atoms with Crippen LogP contribution in [0.2, 0.25) is 0 Å². The summed E-state index contributed by atoms with van der Waals surface area (Å²) in [6, 6.07) is 5.69. The summed E-state index contributed by atoms with van der Waals surface area (Å²) in [5.74, 6) is 1.85. The number of thioether (sulfide) groups is 1. The number of anilines is 1. The van der Waals surface area contributed by atoms with Gasteiger partial charge in [0.25, 0.3) is 0 Å². The molecule has 92 valence electrons. The second-order valence-corrected chi connectivity index (χ2v) is 4.59. The molecule has 1 aromatic rings. The maximum atomic E-state index is 11.6. The van der Waals surface area contributed by atoms with Crippen LogP contribution in [0, 0.1) is 6.92 Å². The molecule has 0 spiro atoms. The Kier molecular flexibility index (Phi) is 5.63. The molecule has 1 N–H and O–H groups in total. The van der Waals surface area contributed by atoms with Gasteiger partial charge in [-0.15, -0.1) is 18.3 Å². The number of rotatable bonds is 6. The number of amides is 1. The van der Waals surface area contributed by atoms with Gasteiger partial charge in [-0.3, -0.25) is 4.79 Å². The lowest BCUT2D eigenvalue weighted by Crippen LogP contribution is -2.15. The minimum atomic E-state index is -0.0271. The highest BCUT2D eigenvalue weighted by molar-refractivity contribution is 8.00. The highest BCUT2D eigenvalue weighted by Crippen LogP contribution is 2.25. The Morgan fingerprint density at radius 2 is 2.35 bits per heavy atom. The van der Waals surface area contributed by atoms with E-state index < -0.39 is 0 Å². The molecule has 0 heterocycles. The fourth-order valence-corrected chi connectivity index (χ4v) is 1.88. The summed E-state index contributed by atoms with van der Waals surface area (Å²) in [5, 5.41) is 2.84. The van der Waals surface area contributed by atoms with Crippen molar-refractivity contribution < 1.29 is 9.53 Å². The zero-order valence-electron chi connectivity index (χ0n) is 10.2. The largest absolute Gasteiger partial charge is 0.495 e. The quantitative estimate of drug-likeness (QED) is 0.624. The van der Waals surface area contributed by atoms with E-state index in [0.29, 0.717) is 11.5 Å². The van der Waals surface area contributed by atoms with Crippen LogP contribution in [-0.4, -0.2) is 24.5 Å². The third kappa shape index (κ3) is 4.53. The van der Waals surface area contributed by atoms with Gasteiger partial charge < -0.3 is 10.1 Å². The lowest BCUT2D eigenvalue weighted by Gasteiger charge is -2.10. The van der Waals surface area contributed by atoms with Gasteiger partial charge in [0, 0.05) is 5.75 Å². The molecule has 3 nitrogen and oxygen atoms in total. The summed E-state index contributed by atoms with van der Waals surface area (Å²) in [6.45, 7) is 5.58. The van der Waals surface area contributed by atoms with Crippen LogP contribution in [0.3, 0.4) is 0 Å². The lowest BCUT2D eigenvalue weighted by molar-refractivity contribution is -0.113. The van der Waals surface area contributed by atoms with Crippen LogP contribution in [0.15, 0.2) is 30.9 Å². The standard InChI is InChI=1S/C13H17NO2S/c1-4-7-17-9-13(15)14-11-8-10(2)5-6-12(11)16-3/h4-6,8H,1,7,9H2,2-3H3,(H,14,15). The third-order valence-electron chi connectivity index (χ3n) is 2.10. The Hall–Kier alpha value is -1.42. The second-order valence-electron chi connectivity index (χ2n) is 3.56. The molecule has 1 rings (SSSR count). The van der Waals surface area contributed by atoms with Crippen molar-refractivity contribution in [1.29, 1.82) is 0 Å². The SMILES string of the molecule is C=CCSCC(=O)Nc1cc(C)ccc1OC. The first-order valence-electron chi connectivity index (χ1n) is 5.30. The third-order valence-corrected chi connectivity index (χ3v) is 3.04. The van der Waals surface area contributed by atoms with Gasteiger partial charge in [-0.1, -0.05) is 12.1 Å². The van der Waals surface area contributed by atoms with Gasteiger partial charge in [-0.25, -0.2) is 0 Å². The predicted octanol–water partition coefficient (Wildman–Crippen LogP) is 2.86. The molecule has 0 saturated heterocycles. The van der Waals surface area contributed by atoms with Gasteiger partial charge in [-0.2, -0.15) is 0 Å². The molecule has 17 heavy (non-hydrogen) atoms. The van der Waals surface area contributed by atoms with Crippen LogP contribution in [0.4, 0.5) is 5.69 Å². The first kappa shape index (κ1) is 13.6. The molecule has 0 aliphatic rings. The molecule has 0 atom stereocenters. The van der Waals surface area contributed by atoms with Gasteiger partial charge in [0.2, 0.25) is 5.91 Å². The van der Waals surface area contributed by atoms with Crippen molar-refractivity contribution in [2.75, 3.05) is 23.9 Å². The van der Waals surface area contributed by atoms with E-state index in [-0.39, 0.29) is 5.91 Å². The number of carbonyl (C=O) groups excluding carboxylic acids is 1. The molecular weight excluding hydrogens is 234 g/mol. The van der Waals surface area contributed by atoms with Crippen LogP contribution in [-0.2, 0) is 4.79 Å². The average Bonchev–Trinajstić information content (AvgIpc) is 2.29. The second kappa shape index (κ2) is 7.01. The predicted molar refractivity (Wildman–Crippen MR) is 73.9 cm³/mol. The van der Waals surface area contributed by atoms with Gasteiger partial charge in [0.1, 0.15) is 5.75 Å². The van der Waals surface area contributed by atoms with Gasteiger partial charge in [-0.05, 0) is 24.6 Å². The molecular formula is C13H17NO2S. The normalized spacial score (nSPS) is 9.76. The first-order valence-corrected chi connectivity index (χ1v) is 6.46. The molecule has 0 saturated carbocycles. The summed E-state index contributed by atoms with van der Waals surface area (Å²) in [4.78, 5) is 11.6. The number of aryl methyl sites for hydroxylation is 1. The topological polar surface area (TPSA) is 38.3 Å².